The van der Waals surface area contributed by atoms with E-state index >= 15 is 0 Å². The Morgan fingerprint density at radius 2 is 1.41 bits per heavy atom. The molecule has 0 spiro atoms. The van der Waals surface area contributed by atoms with Crippen molar-refractivity contribution in [2.45, 2.75) is 57.7 Å². The fourth-order valence-electron chi connectivity index (χ4n) is 3.35. The Balaban J connectivity index is 2.47. The standard InChI is InChI=1S/C20H23NO11/c1-10(22)29-16-15(9-13-5-7-14(8-6-13)21(26)27)32-19(20(25)28-4)18(31-12(3)24)17(16)30-11(2)23/h5-8,15-19H,9H2,1-4H3/t15-,16-,17+,18-,19-/m0/s1. The van der Waals surface area contributed by atoms with Crippen LogP contribution in [0.3, 0.4) is 0 Å². The Morgan fingerprint density at radius 1 is 0.906 bits per heavy atom. The van der Waals surface area contributed by atoms with E-state index < -0.39 is 59.3 Å². The molecule has 0 bridgehead atoms. The number of ether oxygens (including phenoxy) is 5. The van der Waals surface area contributed by atoms with Gasteiger partial charge in [-0.25, -0.2) is 4.79 Å². The van der Waals surface area contributed by atoms with Crippen molar-refractivity contribution in [1.29, 1.82) is 0 Å². The van der Waals surface area contributed by atoms with Gasteiger partial charge in [-0.15, -0.1) is 0 Å². The summed E-state index contributed by atoms with van der Waals surface area (Å²) in [4.78, 5) is 57.9. The van der Waals surface area contributed by atoms with Crippen LogP contribution in [-0.2, 0) is 49.3 Å². The number of non-ortho nitro benzene ring substituents is 1. The molecule has 1 saturated heterocycles. The first-order valence-electron chi connectivity index (χ1n) is 9.51. The van der Waals surface area contributed by atoms with Crippen molar-refractivity contribution in [2.75, 3.05) is 7.11 Å². The highest BCUT2D eigenvalue weighted by atomic mass is 16.7. The second kappa shape index (κ2) is 10.7. The van der Waals surface area contributed by atoms with Crippen molar-refractivity contribution in [3.05, 3.63) is 39.9 Å². The molecule has 0 amide bonds. The lowest BCUT2D eigenvalue weighted by Gasteiger charge is -2.43. The average Bonchev–Trinajstić information content (AvgIpc) is 2.70. The lowest BCUT2D eigenvalue weighted by molar-refractivity contribution is -0.384. The topological polar surface area (TPSA) is 158 Å². The maximum Gasteiger partial charge on any atom is 0.339 e. The number of nitrogens with zero attached hydrogens (tertiary/aromatic N) is 1. The van der Waals surface area contributed by atoms with Crippen LogP contribution in [0.5, 0.6) is 0 Å². The summed E-state index contributed by atoms with van der Waals surface area (Å²) >= 11 is 0. The Labute approximate surface area is 182 Å². The van der Waals surface area contributed by atoms with Crippen LogP contribution in [0.4, 0.5) is 5.69 Å². The van der Waals surface area contributed by atoms with Crippen LogP contribution in [0.25, 0.3) is 0 Å². The predicted molar refractivity (Wildman–Crippen MR) is 104 cm³/mol. The van der Waals surface area contributed by atoms with E-state index in [1.165, 1.54) is 24.3 Å². The maximum atomic E-state index is 12.4. The van der Waals surface area contributed by atoms with E-state index in [1.54, 1.807) is 0 Å². The number of methoxy groups -OCH3 is 1. The Kier molecular flexibility index (Phi) is 8.24. The molecule has 0 N–H and O–H groups in total. The van der Waals surface area contributed by atoms with Gasteiger partial charge in [0.15, 0.2) is 24.4 Å². The van der Waals surface area contributed by atoms with Crippen molar-refractivity contribution in [1.82, 2.24) is 0 Å². The van der Waals surface area contributed by atoms with Crippen LogP contribution in [-0.4, -0.2) is 66.4 Å². The normalized spacial score (nSPS) is 24.7. The van der Waals surface area contributed by atoms with E-state index in [4.69, 9.17) is 23.7 Å². The molecule has 12 nitrogen and oxygen atoms in total. The molecule has 1 fully saturated rings. The molecule has 0 unspecified atom stereocenters. The summed E-state index contributed by atoms with van der Waals surface area (Å²) in [6, 6.07) is 5.50. The van der Waals surface area contributed by atoms with Gasteiger partial charge in [0.2, 0.25) is 0 Å². The van der Waals surface area contributed by atoms with Gasteiger partial charge in [0.25, 0.3) is 5.69 Å². The van der Waals surface area contributed by atoms with Gasteiger partial charge in [-0.05, 0) is 5.56 Å². The van der Waals surface area contributed by atoms with E-state index in [1.807, 2.05) is 0 Å². The average molecular weight is 453 g/mol. The molecule has 0 radical (unpaired) electrons. The number of nitro groups is 1. The zero-order valence-electron chi connectivity index (χ0n) is 17.8. The molecule has 1 aliphatic heterocycles. The first kappa shape index (κ1) is 24.7. The molecule has 32 heavy (non-hydrogen) atoms. The van der Waals surface area contributed by atoms with Gasteiger partial charge < -0.3 is 23.7 Å². The summed E-state index contributed by atoms with van der Waals surface area (Å²) in [5, 5.41) is 10.9. The second-order valence-corrected chi connectivity index (χ2v) is 6.97. The molecule has 12 heteroatoms. The third kappa shape index (κ3) is 6.23. The first-order valence-corrected chi connectivity index (χ1v) is 9.51. The van der Waals surface area contributed by atoms with Crippen molar-refractivity contribution >= 4 is 29.6 Å². The van der Waals surface area contributed by atoms with Gasteiger partial charge in [0.05, 0.1) is 12.0 Å². The molecule has 0 saturated carbocycles. The maximum absolute atomic E-state index is 12.4. The van der Waals surface area contributed by atoms with Gasteiger partial charge in [-0.1, -0.05) is 12.1 Å². The van der Waals surface area contributed by atoms with E-state index in [0.717, 1.165) is 27.9 Å². The summed E-state index contributed by atoms with van der Waals surface area (Å²) in [5.74, 6) is -3.20. The first-order chi connectivity index (χ1) is 15.0. The van der Waals surface area contributed by atoms with Crippen molar-refractivity contribution < 1.29 is 47.8 Å². The number of nitro benzene ring substituents is 1. The molecular weight excluding hydrogens is 430 g/mol. The molecule has 0 aromatic heterocycles. The number of hydrogen-bond acceptors (Lipinski definition) is 11. The Bertz CT molecular complexity index is 882. The number of esters is 4. The van der Waals surface area contributed by atoms with Gasteiger partial charge in [-0.2, -0.15) is 0 Å². The molecule has 5 atom stereocenters. The minimum absolute atomic E-state index is 0.0218. The number of hydrogen-bond donors (Lipinski definition) is 0. The van der Waals surface area contributed by atoms with Crippen LogP contribution in [0.1, 0.15) is 26.3 Å². The van der Waals surface area contributed by atoms with E-state index in [2.05, 4.69) is 0 Å². The largest absolute Gasteiger partial charge is 0.467 e. The van der Waals surface area contributed by atoms with Gasteiger partial charge in [-0.3, -0.25) is 24.5 Å². The molecule has 174 valence electrons. The zero-order chi connectivity index (χ0) is 24.0. The zero-order valence-corrected chi connectivity index (χ0v) is 17.8. The van der Waals surface area contributed by atoms with Crippen LogP contribution >= 0.6 is 0 Å². The van der Waals surface area contributed by atoms with Gasteiger partial charge in [0.1, 0.15) is 6.10 Å². The van der Waals surface area contributed by atoms with E-state index in [9.17, 15) is 29.3 Å². The summed E-state index contributed by atoms with van der Waals surface area (Å²) in [5.41, 5.74) is 0.420. The number of benzene rings is 1. The summed E-state index contributed by atoms with van der Waals surface area (Å²) in [6.07, 6.45) is -6.57. The molecule has 1 aromatic rings. The van der Waals surface area contributed by atoms with Crippen molar-refractivity contribution in [2.24, 2.45) is 0 Å². The predicted octanol–water partition coefficient (Wildman–Crippen LogP) is 0.873. The van der Waals surface area contributed by atoms with Crippen LogP contribution in [0.15, 0.2) is 24.3 Å². The highest BCUT2D eigenvalue weighted by Gasteiger charge is 2.54. The highest BCUT2D eigenvalue weighted by molar-refractivity contribution is 5.77. The molecule has 1 aromatic carbocycles. The fourth-order valence-corrected chi connectivity index (χ4v) is 3.35. The molecular formula is C20H23NO11. The number of rotatable bonds is 7. The summed E-state index contributed by atoms with van der Waals surface area (Å²) in [6.45, 7) is 3.31. The minimum Gasteiger partial charge on any atom is -0.467 e. The summed E-state index contributed by atoms with van der Waals surface area (Å²) < 4.78 is 26.3. The lowest BCUT2D eigenvalue weighted by atomic mass is 9.90. The van der Waals surface area contributed by atoms with E-state index in [-0.39, 0.29) is 12.1 Å². The molecule has 1 aliphatic rings. The third-order valence-electron chi connectivity index (χ3n) is 4.56. The second-order valence-electron chi connectivity index (χ2n) is 6.97. The monoisotopic (exact) mass is 453 g/mol. The minimum atomic E-state index is -1.48. The van der Waals surface area contributed by atoms with E-state index in [0.29, 0.717) is 5.56 Å². The van der Waals surface area contributed by atoms with Crippen molar-refractivity contribution in [3.63, 3.8) is 0 Å². The quantitative estimate of drug-likeness (QED) is 0.250. The molecule has 1 heterocycles. The fraction of sp³-hybridized carbons (Fsp3) is 0.500. The smallest absolute Gasteiger partial charge is 0.339 e. The highest BCUT2D eigenvalue weighted by Crippen LogP contribution is 2.31. The third-order valence-corrected chi connectivity index (χ3v) is 4.56. The van der Waals surface area contributed by atoms with Crippen molar-refractivity contribution in [3.8, 4) is 0 Å². The molecule has 0 aliphatic carbocycles. The van der Waals surface area contributed by atoms with Crippen LogP contribution < -0.4 is 0 Å². The van der Waals surface area contributed by atoms with Gasteiger partial charge in [0, 0.05) is 39.3 Å². The summed E-state index contributed by atoms with van der Waals surface area (Å²) in [7, 11) is 1.10. The molecule has 2 rings (SSSR count). The van der Waals surface area contributed by atoms with Crippen LogP contribution in [0.2, 0.25) is 0 Å². The Hall–Kier alpha value is -3.54. The van der Waals surface area contributed by atoms with Gasteiger partial charge >= 0.3 is 23.9 Å². The lowest BCUT2D eigenvalue weighted by Crippen LogP contribution is -2.63. The van der Waals surface area contributed by atoms with Crippen LogP contribution in [0, 0.1) is 10.1 Å². The SMILES string of the molecule is COC(=O)[C@H]1O[C@@H](Cc2ccc([N+](=O)[O-])cc2)[C@H](OC(C)=O)[C@@H](OC(C)=O)[C@@H]1OC(C)=O. The number of carbonyl (C=O) groups is 4. The number of carbonyl (C=O) groups excluding carboxylic acids is 4. The Morgan fingerprint density at radius 3 is 1.88 bits per heavy atom.